The maximum absolute atomic E-state index is 12.4. The number of hydrogen-bond donors (Lipinski definition) is 0. The first kappa shape index (κ1) is 16.5. The maximum atomic E-state index is 12.4. The maximum Gasteiger partial charge on any atom is 0.293 e. The van der Waals surface area contributed by atoms with Crippen LogP contribution in [0.1, 0.15) is 10.6 Å². The van der Waals surface area contributed by atoms with Crippen LogP contribution in [0.5, 0.6) is 0 Å². The lowest BCUT2D eigenvalue weighted by Gasteiger charge is -2.21. The van der Waals surface area contributed by atoms with Gasteiger partial charge >= 0.3 is 0 Å². The summed E-state index contributed by atoms with van der Waals surface area (Å²) in [5, 5.41) is 0.0888. The third-order valence-electron chi connectivity index (χ3n) is 3.07. The van der Waals surface area contributed by atoms with E-state index in [-0.39, 0.29) is 21.6 Å². The van der Waals surface area contributed by atoms with Crippen LogP contribution in [0.25, 0.3) is 0 Å². The molecule has 1 aromatic carbocycles. The highest BCUT2D eigenvalue weighted by Gasteiger charge is 2.26. The summed E-state index contributed by atoms with van der Waals surface area (Å²) in [4.78, 5) is 13.6. The minimum absolute atomic E-state index is 0.0320. The lowest BCUT2D eigenvalue weighted by atomic mass is 10.3. The van der Waals surface area contributed by atoms with Crippen LogP contribution in [-0.4, -0.2) is 39.8 Å². The first-order chi connectivity index (χ1) is 10.2. The predicted octanol–water partition coefficient (Wildman–Crippen LogP) is 2.46. The second kappa shape index (κ2) is 6.12. The van der Waals surface area contributed by atoms with Crippen molar-refractivity contribution in [2.24, 2.45) is 0 Å². The second-order valence-corrected chi connectivity index (χ2v) is 7.22. The van der Waals surface area contributed by atoms with Gasteiger partial charge in [0.2, 0.25) is 10.0 Å². The predicted molar refractivity (Wildman–Crippen MR) is 83.8 cm³/mol. The minimum Gasteiger partial charge on any atom is -0.440 e. The van der Waals surface area contributed by atoms with Crippen molar-refractivity contribution in [2.75, 3.05) is 26.0 Å². The van der Waals surface area contributed by atoms with E-state index in [9.17, 15) is 13.2 Å². The monoisotopic (exact) mass is 342 g/mol. The van der Waals surface area contributed by atoms with Crippen molar-refractivity contribution < 1.29 is 17.6 Å². The number of amides is 1. The molecule has 0 spiro atoms. The van der Waals surface area contributed by atoms with E-state index in [1.807, 2.05) is 0 Å². The van der Waals surface area contributed by atoms with Gasteiger partial charge in [0.1, 0.15) is 4.90 Å². The summed E-state index contributed by atoms with van der Waals surface area (Å²) in [6, 6.07) is 9.14. The van der Waals surface area contributed by atoms with Crippen molar-refractivity contribution in [3.63, 3.8) is 0 Å². The Morgan fingerprint density at radius 3 is 2.27 bits per heavy atom. The van der Waals surface area contributed by atoms with E-state index in [0.29, 0.717) is 0 Å². The van der Waals surface area contributed by atoms with Crippen LogP contribution >= 0.6 is 11.6 Å². The van der Waals surface area contributed by atoms with Gasteiger partial charge in [0.15, 0.2) is 11.0 Å². The van der Waals surface area contributed by atoms with Crippen LogP contribution in [0.4, 0.5) is 5.69 Å². The van der Waals surface area contributed by atoms with Crippen LogP contribution < -0.4 is 4.90 Å². The summed E-state index contributed by atoms with van der Waals surface area (Å²) in [7, 11) is 0.656. The molecule has 0 aliphatic rings. The molecule has 2 aromatic rings. The Morgan fingerprint density at radius 2 is 1.73 bits per heavy atom. The fraction of sp³-hybridized carbons (Fsp3) is 0.214. The zero-order chi connectivity index (χ0) is 16.5. The number of anilines is 1. The third kappa shape index (κ3) is 3.01. The van der Waals surface area contributed by atoms with E-state index in [1.165, 1.54) is 44.2 Å². The molecule has 0 radical (unpaired) electrons. The van der Waals surface area contributed by atoms with Crippen molar-refractivity contribution in [3.8, 4) is 0 Å². The largest absolute Gasteiger partial charge is 0.440 e. The summed E-state index contributed by atoms with van der Waals surface area (Å²) in [6.07, 6.45) is 0. The zero-order valence-electron chi connectivity index (χ0n) is 12.3. The van der Waals surface area contributed by atoms with E-state index < -0.39 is 15.9 Å². The molecule has 0 unspecified atom stereocenters. The summed E-state index contributed by atoms with van der Waals surface area (Å²) in [6.45, 7) is 0. The summed E-state index contributed by atoms with van der Waals surface area (Å²) >= 11 is 5.66. The van der Waals surface area contributed by atoms with Gasteiger partial charge in [-0.2, -0.15) is 0 Å². The highest BCUT2D eigenvalue weighted by molar-refractivity contribution is 7.89. The van der Waals surface area contributed by atoms with Gasteiger partial charge in [0.05, 0.1) is 5.69 Å². The Kier molecular flexibility index (Phi) is 4.60. The van der Waals surface area contributed by atoms with Gasteiger partial charge in [-0.1, -0.05) is 12.1 Å². The van der Waals surface area contributed by atoms with Gasteiger partial charge in [-0.25, -0.2) is 12.7 Å². The molecule has 1 amide bonds. The van der Waals surface area contributed by atoms with Crippen molar-refractivity contribution in [1.82, 2.24) is 4.31 Å². The third-order valence-corrected chi connectivity index (χ3v) is 5.14. The van der Waals surface area contributed by atoms with Gasteiger partial charge in [-0.15, -0.1) is 0 Å². The number of halogens is 1. The zero-order valence-corrected chi connectivity index (χ0v) is 13.9. The Morgan fingerprint density at radius 1 is 1.09 bits per heavy atom. The Hall–Kier alpha value is -1.83. The van der Waals surface area contributed by atoms with E-state index in [4.69, 9.17) is 16.0 Å². The topological polar surface area (TPSA) is 70.8 Å². The highest BCUT2D eigenvalue weighted by atomic mass is 35.5. The molecule has 118 valence electrons. The number of hydrogen-bond acceptors (Lipinski definition) is 4. The van der Waals surface area contributed by atoms with Crippen LogP contribution in [0.15, 0.2) is 45.7 Å². The quantitative estimate of drug-likeness (QED) is 0.855. The smallest absolute Gasteiger partial charge is 0.293 e. The molecule has 0 atom stereocenters. The Bertz CT molecular complexity index is 799. The summed E-state index contributed by atoms with van der Waals surface area (Å²) in [5.74, 6) is -0.460. The molecule has 0 N–H and O–H groups in total. The van der Waals surface area contributed by atoms with Crippen LogP contribution in [0.3, 0.4) is 0 Å². The number of carbonyl (C=O) groups is 1. The van der Waals surface area contributed by atoms with E-state index >= 15 is 0 Å². The van der Waals surface area contributed by atoms with Crippen molar-refractivity contribution in [1.29, 1.82) is 0 Å². The van der Waals surface area contributed by atoms with Gasteiger partial charge < -0.3 is 9.32 Å². The van der Waals surface area contributed by atoms with E-state index in [1.54, 1.807) is 18.2 Å². The number of benzene rings is 1. The fourth-order valence-corrected chi connectivity index (χ4v) is 3.11. The molecule has 0 aliphatic carbocycles. The molecule has 6 nitrogen and oxygen atoms in total. The van der Waals surface area contributed by atoms with Crippen molar-refractivity contribution >= 4 is 33.2 Å². The van der Waals surface area contributed by atoms with Crippen LogP contribution in [-0.2, 0) is 10.0 Å². The Balaban J connectivity index is 2.47. The molecule has 1 aromatic heterocycles. The molecule has 0 aliphatic heterocycles. The van der Waals surface area contributed by atoms with Crippen molar-refractivity contribution in [2.45, 2.75) is 4.90 Å². The standard InChI is InChI=1S/C14H15ClN2O4S/c1-16(2)22(19,20)12-7-5-4-6-10(12)17(3)14(18)11-8-9-13(15)21-11/h4-9H,1-3H3. The molecule has 22 heavy (non-hydrogen) atoms. The van der Waals surface area contributed by atoms with Gasteiger partial charge in [-0.05, 0) is 35.9 Å². The van der Waals surface area contributed by atoms with Gasteiger partial charge in [0, 0.05) is 21.1 Å². The number of sulfonamides is 1. The summed E-state index contributed by atoms with van der Waals surface area (Å²) < 4.78 is 30.9. The SMILES string of the molecule is CN(C(=O)c1ccc(Cl)o1)c1ccccc1S(=O)(=O)N(C)C. The normalized spacial score (nSPS) is 11.7. The highest BCUT2D eigenvalue weighted by Crippen LogP contribution is 2.27. The molecule has 0 saturated heterocycles. The van der Waals surface area contributed by atoms with Crippen LogP contribution in [0.2, 0.25) is 5.22 Å². The first-order valence-electron chi connectivity index (χ1n) is 6.30. The van der Waals surface area contributed by atoms with E-state index in [0.717, 1.165) is 4.31 Å². The molecule has 0 fully saturated rings. The molecule has 0 bridgehead atoms. The average molecular weight is 343 g/mol. The first-order valence-corrected chi connectivity index (χ1v) is 8.12. The average Bonchev–Trinajstić information content (AvgIpc) is 2.92. The Labute approximate surface area is 133 Å². The molecular formula is C14H15ClN2O4S. The van der Waals surface area contributed by atoms with Gasteiger partial charge in [0.25, 0.3) is 5.91 Å². The number of rotatable bonds is 4. The molecule has 1 heterocycles. The summed E-state index contributed by atoms with van der Waals surface area (Å²) in [5.41, 5.74) is 0.258. The lowest BCUT2D eigenvalue weighted by molar-refractivity contribution is 0.0966. The lowest BCUT2D eigenvalue weighted by Crippen LogP contribution is -2.30. The number of para-hydroxylation sites is 1. The fourth-order valence-electron chi connectivity index (χ4n) is 1.85. The number of nitrogens with zero attached hydrogens (tertiary/aromatic N) is 2. The molecule has 8 heteroatoms. The minimum atomic E-state index is -3.68. The molecule has 0 saturated carbocycles. The van der Waals surface area contributed by atoms with Gasteiger partial charge in [-0.3, -0.25) is 4.79 Å². The molecular weight excluding hydrogens is 328 g/mol. The van der Waals surface area contributed by atoms with Crippen molar-refractivity contribution in [3.05, 3.63) is 47.4 Å². The second-order valence-electron chi connectivity index (χ2n) is 4.72. The number of furan rings is 1. The molecule has 2 rings (SSSR count). The van der Waals surface area contributed by atoms with Crippen LogP contribution in [0, 0.1) is 0 Å². The van der Waals surface area contributed by atoms with E-state index in [2.05, 4.69) is 0 Å². The number of carbonyl (C=O) groups excluding carboxylic acids is 1.